The van der Waals surface area contributed by atoms with Gasteiger partial charge in [0.25, 0.3) is 5.91 Å². The van der Waals surface area contributed by atoms with E-state index < -0.39 is 0 Å². The zero-order valence-corrected chi connectivity index (χ0v) is 11.8. The summed E-state index contributed by atoms with van der Waals surface area (Å²) >= 11 is 3.16. The van der Waals surface area contributed by atoms with E-state index in [1.807, 2.05) is 24.6 Å². The van der Waals surface area contributed by atoms with Crippen molar-refractivity contribution in [2.45, 2.75) is 26.9 Å². The molecule has 5 nitrogen and oxygen atoms in total. The molecule has 0 unspecified atom stereocenters. The molecule has 0 aliphatic carbocycles. The maximum absolute atomic E-state index is 11.8. The van der Waals surface area contributed by atoms with Crippen molar-refractivity contribution in [1.29, 1.82) is 0 Å². The average Bonchev–Trinajstić information content (AvgIpc) is 2.92. The Kier molecular flexibility index (Phi) is 3.86. The minimum absolute atomic E-state index is 0.234. The number of aryl methyl sites for hydroxylation is 2. The lowest BCUT2D eigenvalue weighted by molar-refractivity contribution is 0.0921. The molecule has 6 heteroatoms. The zero-order chi connectivity index (χ0) is 13.1. The monoisotopic (exact) mass is 311 g/mol. The highest BCUT2D eigenvalue weighted by atomic mass is 79.9. The number of carbonyl (C=O) groups is 1. The minimum Gasteiger partial charge on any atom is -0.444 e. The second kappa shape index (κ2) is 5.39. The van der Waals surface area contributed by atoms with Gasteiger partial charge in [-0.3, -0.25) is 9.48 Å². The summed E-state index contributed by atoms with van der Waals surface area (Å²) in [4.78, 5) is 11.8. The molecular weight excluding hydrogens is 298 g/mol. The summed E-state index contributed by atoms with van der Waals surface area (Å²) in [6.07, 6.45) is 0. The summed E-state index contributed by atoms with van der Waals surface area (Å²) < 4.78 is 7.59. The minimum atomic E-state index is -0.234. The first-order valence-corrected chi connectivity index (χ1v) is 6.46. The van der Waals surface area contributed by atoms with E-state index >= 15 is 0 Å². The fraction of sp³-hybridized carbons (Fsp3) is 0.333. The van der Waals surface area contributed by atoms with Crippen molar-refractivity contribution < 1.29 is 9.21 Å². The van der Waals surface area contributed by atoms with E-state index in [9.17, 15) is 4.79 Å². The smallest absolute Gasteiger partial charge is 0.287 e. The number of nitrogens with zero attached hydrogens (tertiary/aromatic N) is 2. The van der Waals surface area contributed by atoms with E-state index in [0.717, 1.165) is 17.9 Å². The molecule has 0 aliphatic rings. The van der Waals surface area contributed by atoms with Gasteiger partial charge < -0.3 is 9.73 Å². The Labute approximate surface area is 113 Å². The molecule has 2 rings (SSSR count). The Hall–Kier alpha value is -1.56. The Morgan fingerprint density at radius 3 is 2.94 bits per heavy atom. The fourth-order valence-corrected chi connectivity index (χ4v) is 2.02. The molecular formula is C12H14BrN3O2. The predicted molar refractivity (Wildman–Crippen MR) is 70.2 cm³/mol. The first kappa shape index (κ1) is 12.9. The standard InChI is InChI=1S/C12H14BrN3O2/c1-3-16-9(6-8(2)15-16)7-14-12(17)10-4-5-11(13)18-10/h4-6H,3,7H2,1-2H3,(H,14,17). The van der Waals surface area contributed by atoms with Crippen LogP contribution in [-0.4, -0.2) is 15.7 Å². The maximum atomic E-state index is 11.8. The van der Waals surface area contributed by atoms with E-state index in [1.54, 1.807) is 12.1 Å². The molecule has 2 aromatic rings. The average molecular weight is 312 g/mol. The van der Waals surface area contributed by atoms with Crippen molar-refractivity contribution in [2.24, 2.45) is 0 Å². The van der Waals surface area contributed by atoms with Crippen LogP contribution in [0.4, 0.5) is 0 Å². The van der Waals surface area contributed by atoms with Crippen molar-refractivity contribution in [3.63, 3.8) is 0 Å². The van der Waals surface area contributed by atoms with Crippen LogP contribution in [0.3, 0.4) is 0 Å². The Morgan fingerprint density at radius 1 is 1.56 bits per heavy atom. The van der Waals surface area contributed by atoms with Gasteiger partial charge in [0.15, 0.2) is 10.4 Å². The number of aromatic nitrogens is 2. The van der Waals surface area contributed by atoms with Crippen molar-refractivity contribution in [1.82, 2.24) is 15.1 Å². The number of halogens is 1. The van der Waals surface area contributed by atoms with Crippen LogP contribution in [0.15, 0.2) is 27.3 Å². The molecule has 2 aromatic heterocycles. The van der Waals surface area contributed by atoms with E-state index in [0.29, 0.717) is 17.0 Å². The van der Waals surface area contributed by atoms with Crippen molar-refractivity contribution >= 4 is 21.8 Å². The number of amides is 1. The molecule has 18 heavy (non-hydrogen) atoms. The molecule has 0 fully saturated rings. The summed E-state index contributed by atoms with van der Waals surface area (Å²) in [6, 6.07) is 5.28. The van der Waals surface area contributed by atoms with Gasteiger partial charge in [-0.1, -0.05) is 0 Å². The molecule has 2 heterocycles. The number of hydrogen-bond donors (Lipinski definition) is 1. The van der Waals surface area contributed by atoms with Gasteiger partial charge in [0.2, 0.25) is 0 Å². The van der Waals surface area contributed by atoms with Crippen LogP contribution in [0.5, 0.6) is 0 Å². The van der Waals surface area contributed by atoms with Gasteiger partial charge in [0, 0.05) is 6.54 Å². The predicted octanol–water partition coefficient (Wildman–Crippen LogP) is 2.50. The van der Waals surface area contributed by atoms with Crippen molar-refractivity contribution in [3.05, 3.63) is 40.0 Å². The highest BCUT2D eigenvalue weighted by Gasteiger charge is 2.11. The van der Waals surface area contributed by atoms with Crippen LogP contribution < -0.4 is 5.32 Å². The van der Waals surface area contributed by atoms with Gasteiger partial charge in [-0.25, -0.2) is 0 Å². The van der Waals surface area contributed by atoms with E-state index in [1.165, 1.54) is 0 Å². The van der Waals surface area contributed by atoms with Gasteiger partial charge in [-0.2, -0.15) is 5.10 Å². The zero-order valence-electron chi connectivity index (χ0n) is 10.2. The first-order chi connectivity index (χ1) is 8.60. The Balaban J connectivity index is 2.01. The summed E-state index contributed by atoms with van der Waals surface area (Å²) in [5, 5.41) is 7.12. The largest absolute Gasteiger partial charge is 0.444 e. The molecule has 0 aliphatic heterocycles. The summed E-state index contributed by atoms with van der Waals surface area (Å²) in [5.41, 5.74) is 1.93. The molecule has 0 saturated heterocycles. The van der Waals surface area contributed by atoms with Crippen LogP contribution in [0.1, 0.15) is 28.9 Å². The number of carbonyl (C=O) groups excluding carboxylic acids is 1. The molecule has 1 amide bonds. The highest BCUT2D eigenvalue weighted by Crippen LogP contribution is 2.14. The van der Waals surface area contributed by atoms with E-state index in [-0.39, 0.29) is 5.91 Å². The second-order valence-corrected chi connectivity index (χ2v) is 4.66. The maximum Gasteiger partial charge on any atom is 0.287 e. The number of furan rings is 1. The molecule has 0 radical (unpaired) electrons. The summed E-state index contributed by atoms with van der Waals surface area (Å²) in [7, 11) is 0. The van der Waals surface area contributed by atoms with Crippen LogP contribution in [0, 0.1) is 6.92 Å². The van der Waals surface area contributed by atoms with Crippen LogP contribution >= 0.6 is 15.9 Å². The molecule has 0 saturated carbocycles. The normalized spacial score (nSPS) is 10.6. The second-order valence-electron chi connectivity index (χ2n) is 3.88. The molecule has 0 aromatic carbocycles. The number of nitrogens with one attached hydrogen (secondary N) is 1. The van der Waals surface area contributed by atoms with E-state index in [4.69, 9.17) is 4.42 Å². The molecule has 0 spiro atoms. The van der Waals surface area contributed by atoms with Crippen molar-refractivity contribution in [3.8, 4) is 0 Å². The molecule has 96 valence electrons. The van der Waals surface area contributed by atoms with Gasteiger partial charge in [0.05, 0.1) is 17.9 Å². The van der Waals surface area contributed by atoms with Crippen LogP contribution in [-0.2, 0) is 13.1 Å². The topological polar surface area (TPSA) is 60.1 Å². The van der Waals surface area contributed by atoms with Crippen LogP contribution in [0.25, 0.3) is 0 Å². The van der Waals surface area contributed by atoms with Gasteiger partial charge in [-0.05, 0) is 48.0 Å². The lowest BCUT2D eigenvalue weighted by atomic mass is 10.3. The lowest BCUT2D eigenvalue weighted by Crippen LogP contribution is -2.23. The highest BCUT2D eigenvalue weighted by molar-refractivity contribution is 9.10. The first-order valence-electron chi connectivity index (χ1n) is 5.67. The molecule has 1 N–H and O–H groups in total. The van der Waals surface area contributed by atoms with Gasteiger partial charge in [-0.15, -0.1) is 0 Å². The van der Waals surface area contributed by atoms with Gasteiger partial charge >= 0.3 is 0 Å². The third-order valence-corrected chi connectivity index (χ3v) is 2.94. The number of rotatable bonds is 4. The van der Waals surface area contributed by atoms with Crippen LogP contribution in [0.2, 0.25) is 0 Å². The van der Waals surface area contributed by atoms with Crippen molar-refractivity contribution in [2.75, 3.05) is 0 Å². The summed E-state index contributed by atoms with van der Waals surface area (Å²) in [6.45, 7) is 5.17. The SMILES string of the molecule is CCn1nc(C)cc1CNC(=O)c1ccc(Br)o1. The quantitative estimate of drug-likeness (QED) is 0.943. The third-order valence-electron chi connectivity index (χ3n) is 2.51. The Morgan fingerprint density at radius 2 is 2.33 bits per heavy atom. The Bertz CT molecular complexity index is 559. The number of hydrogen-bond acceptors (Lipinski definition) is 3. The molecule has 0 bridgehead atoms. The lowest BCUT2D eigenvalue weighted by Gasteiger charge is -2.05. The van der Waals surface area contributed by atoms with E-state index in [2.05, 4.69) is 26.3 Å². The summed E-state index contributed by atoms with van der Waals surface area (Å²) in [5.74, 6) is 0.0587. The van der Waals surface area contributed by atoms with Gasteiger partial charge in [0.1, 0.15) is 0 Å². The fourth-order valence-electron chi connectivity index (χ4n) is 1.71. The third kappa shape index (κ3) is 2.81. The molecule has 0 atom stereocenters.